The molecule has 0 fully saturated rings. The summed E-state index contributed by atoms with van der Waals surface area (Å²) >= 11 is 0. The molecule has 2 heteroatoms. The molecule has 0 bridgehead atoms. The molecule has 0 saturated heterocycles. The van der Waals surface area contributed by atoms with Crippen molar-refractivity contribution in [1.29, 1.82) is 0 Å². The topological polar surface area (TPSA) is 12.0 Å². The highest BCUT2D eigenvalue weighted by Crippen LogP contribution is 2.14. The summed E-state index contributed by atoms with van der Waals surface area (Å²) in [7, 11) is 0. The first-order valence-electron chi connectivity index (χ1n) is 18.7. The van der Waals surface area contributed by atoms with Crippen molar-refractivity contribution in [2.75, 3.05) is 0 Å². The third-order valence-electron chi connectivity index (χ3n) is 7.45. The fourth-order valence-corrected chi connectivity index (χ4v) is 4.93. The largest absolute Gasteiger partial charge is 0.309 e. The molecule has 0 radical (unpaired) electrons. The van der Waals surface area contributed by atoms with E-state index in [1.807, 2.05) is 64.1 Å². The van der Waals surface area contributed by atoms with Gasteiger partial charge in [-0.1, -0.05) is 224 Å². The van der Waals surface area contributed by atoms with Gasteiger partial charge in [-0.05, 0) is 58.6 Å². The lowest BCUT2D eigenvalue weighted by Gasteiger charge is -2.11. The van der Waals surface area contributed by atoms with Gasteiger partial charge in [-0.25, -0.2) is 4.39 Å². The van der Waals surface area contributed by atoms with E-state index in [4.69, 9.17) is 0 Å². The van der Waals surface area contributed by atoms with Gasteiger partial charge in [0, 0.05) is 13.1 Å². The second kappa shape index (κ2) is 31.2. The molecular weight excluding hydrogens is 622 g/mol. The Hall–Kier alpha value is -4.79. The second-order valence-corrected chi connectivity index (χ2v) is 11.5. The van der Waals surface area contributed by atoms with Crippen molar-refractivity contribution in [2.24, 2.45) is 5.92 Å². The van der Waals surface area contributed by atoms with Crippen molar-refractivity contribution < 1.29 is 4.39 Å². The van der Waals surface area contributed by atoms with E-state index >= 15 is 0 Å². The van der Waals surface area contributed by atoms with Crippen molar-refractivity contribution in [2.45, 2.75) is 80.6 Å². The van der Waals surface area contributed by atoms with Crippen LogP contribution in [0.15, 0.2) is 182 Å². The van der Waals surface area contributed by atoms with Crippen LogP contribution in [-0.4, -0.2) is 0 Å². The molecule has 0 aliphatic carbocycles. The van der Waals surface area contributed by atoms with Crippen LogP contribution in [0, 0.1) is 5.92 Å². The molecule has 1 nitrogen and oxygen atoms in total. The minimum Gasteiger partial charge on any atom is -0.309 e. The molecule has 6 aromatic carbocycles. The zero-order chi connectivity index (χ0) is 37.2. The summed E-state index contributed by atoms with van der Waals surface area (Å²) in [6.07, 6.45) is 3.46. The van der Waals surface area contributed by atoms with Gasteiger partial charge in [0.1, 0.15) is 6.67 Å². The number of alkyl halides is 1. The Kier molecular flexibility index (Phi) is 27.1. The number of rotatable bonds is 10. The van der Waals surface area contributed by atoms with Gasteiger partial charge < -0.3 is 5.32 Å². The molecule has 51 heavy (non-hydrogen) atoms. The maximum Gasteiger partial charge on any atom is 0.115 e. The molecule has 0 heterocycles. The van der Waals surface area contributed by atoms with E-state index in [0.29, 0.717) is 5.92 Å². The highest BCUT2D eigenvalue weighted by Gasteiger charge is 2.04. The summed E-state index contributed by atoms with van der Waals surface area (Å²) in [5.74, 6) is 0.699. The number of benzene rings is 6. The van der Waals surface area contributed by atoms with E-state index in [1.165, 1.54) is 27.8 Å². The summed E-state index contributed by atoms with van der Waals surface area (Å²) in [6, 6.07) is 61.9. The molecule has 0 amide bonds. The summed E-state index contributed by atoms with van der Waals surface area (Å²) in [5.41, 5.74) is 7.68. The Morgan fingerprint density at radius 3 is 0.882 bits per heavy atom. The molecule has 0 aliphatic rings. The third kappa shape index (κ3) is 22.5. The Labute approximate surface area is 310 Å². The van der Waals surface area contributed by atoms with Crippen molar-refractivity contribution in [3.8, 4) is 0 Å². The van der Waals surface area contributed by atoms with Gasteiger partial charge >= 0.3 is 0 Å². The summed E-state index contributed by atoms with van der Waals surface area (Å²) in [6.45, 7) is 14.0. The molecule has 0 unspecified atom stereocenters. The highest BCUT2D eigenvalue weighted by atomic mass is 19.1. The maximum absolute atomic E-state index is 11.7. The molecule has 0 aromatic heterocycles. The lowest BCUT2D eigenvalue weighted by Crippen LogP contribution is -2.12. The standard InChI is InChI=1S/C16H18.C14H15N.C8H10.C7H7F.2C2H6/c1-14(12-15-8-4-2-5-9-15)13-16-10-6-3-7-11-16;1-3-7-13(8-4-1)11-15-12-14-9-5-2-6-10-14;1-2-8-6-4-3-5-7-8;8-6-7-4-2-1-3-5-7;2*1-2/h2-11,14H,12-13H2,1H3;1-10,15H,11-12H2;3-7H,2H2,1H3;1-5H,6H2;2*1-2H3. The Morgan fingerprint density at radius 1 is 0.392 bits per heavy atom. The second-order valence-electron chi connectivity index (χ2n) is 11.5. The Bertz CT molecular complexity index is 1420. The molecule has 6 aromatic rings. The van der Waals surface area contributed by atoms with E-state index in [0.717, 1.165) is 37.9 Å². The summed E-state index contributed by atoms with van der Waals surface area (Å²) in [5, 5.41) is 3.42. The van der Waals surface area contributed by atoms with Gasteiger partial charge in [0.15, 0.2) is 0 Å². The van der Waals surface area contributed by atoms with E-state index in [1.54, 1.807) is 12.1 Å². The van der Waals surface area contributed by atoms with Crippen molar-refractivity contribution in [3.63, 3.8) is 0 Å². The summed E-state index contributed by atoms with van der Waals surface area (Å²) < 4.78 is 11.7. The maximum atomic E-state index is 11.7. The smallest absolute Gasteiger partial charge is 0.115 e. The Morgan fingerprint density at radius 2 is 0.647 bits per heavy atom. The van der Waals surface area contributed by atoms with Gasteiger partial charge in [0.05, 0.1) is 0 Å². The predicted octanol–water partition coefficient (Wildman–Crippen LogP) is 13.5. The van der Waals surface area contributed by atoms with Crippen molar-refractivity contribution >= 4 is 0 Å². The normalized spacial score (nSPS) is 9.41. The predicted molar refractivity (Wildman–Crippen MR) is 223 cm³/mol. The number of aryl methyl sites for hydroxylation is 1. The molecule has 0 atom stereocenters. The average Bonchev–Trinajstić information content (AvgIpc) is 3.22. The van der Waals surface area contributed by atoms with Crippen molar-refractivity contribution in [1.82, 2.24) is 5.32 Å². The van der Waals surface area contributed by atoms with Crippen LogP contribution in [0.4, 0.5) is 4.39 Å². The first-order chi connectivity index (χ1) is 25.2. The number of hydrogen-bond donors (Lipinski definition) is 1. The van der Waals surface area contributed by atoms with Crippen LogP contribution < -0.4 is 5.32 Å². The van der Waals surface area contributed by atoms with Crippen LogP contribution in [0.1, 0.15) is 74.9 Å². The van der Waals surface area contributed by atoms with Crippen LogP contribution in [-0.2, 0) is 39.0 Å². The van der Waals surface area contributed by atoms with E-state index in [2.05, 4.69) is 153 Å². The van der Waals surface area contributed by atoms with Crippen LogP contribution in [0.25, 0.3) is 0 Å². The highest BCUT2D eigenvalue weighted by molar-refractivity contribution is 5.19. The van der Waals surface area contributed by atoms with E-state index in [-0.39, 0.29) is 6.67 Å². The van der Waals surface area contributed by atoms with Gasteiger partial charge in [-0.3, -0.25) is 0 Å². The SMILES string of the molecule is CC.CC.CC(Cc1ccccc1)Cc1ccccc1.CCc1ccccc1.FCc1ccccc1.c1ccc(CNCc2ccccc2)cc1. The fourth-order valence-electron chi connectivity index (χ4n) is 4.93. The zero-order valence-electron chi connectivity index (χ0n) is 32.0. The van der Waals surface area contributed by atoms with Crippen molar-refractivity contribution in [3.05, 3.63) is 215 Å². The lowest BCUT2D eigenvalue weighted by molar-refractivity contribution is 0.485. The lowest BCUT2D eigenvalue weighted by atomic mass is 9.94. The molecule has 0 spiro atoms. The van der Waals surface area contributed by atoms with E-state index < -0.39 is 0 Å². The number of hydrogen-bond acceptors (Lipinski definition) is 1. The average molecular weight is 684 g/mol. The van der Waals surface area contributed by atoms with Gasteiger partial charge in [-0.2, -0.15) is 0 Å². The number of nitrogens with one attached hydrogen (secondary N) is 1. The number of halogens is 1. The minimum absolute atomic E-state index is 0.360. The van der Waals surface area contributed by atoms with Crippen LogP contribution in [0.3, 0.4) is 0 Å². The van der Waals surface area contributed by atoms with Gasteiger partial charge in [0.25, 0.3) is 0 Å². The first-order valence-corrected chi connectivity index (χ1v) is 18.7. The third-order valence-corrected chi connectivity index (χ3v) is 7.45. The fraction of sp³-hybridized carbons (Fsp3) is 0.265. The molecular formula is C49H62FN. The van der Waals surface area contributed by atoms with Crippen LogP contribution in [0.2, 0.25) is 0 Å². The zero-order valence-corrected chi connectivity index (χ0v) is 32.0. The summed E-state index contributed by atoms with van der Waals surface area (Å²) in [4.78, 5) is 0. The van der Waals surface area contributed by atoms with Gasteiger partial charge in [-0.15, -0.1) is 0 Å². The van der Waals surface area contributed by atoms with E-state index in [9.17, 15) is 4.39 Å². The molecule has 270 valence electrons. The van der Waals surface area contributed by atoms with Gasteiger partial charge in [0.2, 0.25) is 0 Å². The van der Waals surface area contributed by atoms with Crippen LogP contribution >= 0.6 is 0 Å². The molecule has 6 rings (SSSR count). The Balaban J connectivity index is 0.000000342. The molecule has 0 saturated carbocycles. The van der Waals surface area contributed by atoms with Crippen LogP contribution in [0.5, 0.6) is 0 Å². The molecule has 1 N–H and O–H groups in total. The minimum atomic E-state index is -0.360. The quantitative estimate of drug-likeness (QED) is 0.152. The first kappa shape index (κ1) is 44.2. The monoisotopic (exact) mass is 683 g/mol. The molecule has 0 aliphatic heterocycles.